The van der Waals surface area contributed by atoms with E-state index in [0.29, 0.717) is 22.7 Å². The Kier molecular flexibility index (Phi) is 4.88. The molecule has 0 radical (unpaired) electrons. The zero-order valence-corrected chi connectivity index (χ0v) is 13.2. The van der Waals surface area contributed by atoms with Crippen LogP contribution >= 0.6 is 0 Å². The maximum atomic E-state index is 11.9. The van der Waals surface area contributed by atoms with Crippen LogP contribution in [0.3, 0.4) is 0 Å². The minimum absolute atomic E-state index is 0.0995. The zero-order chi connectivity index (χ0) is 15.5. The summed E-state index contributed by atoms with van der Waals surface area (Å²) >= 11 is 0. The molecule has 1 saturated carbocycles. The lowest BCUT2D eigenvalue weighted by Gasteiger charge is -2.38. The fraction of sp³-hybridized carbons (Fsp3) is 0.588. The van der Waals surface area contributed by atoms with E-state index in [-0.39, 0.29) is 18.6 Å². The Morgan fingerprint density at radius 1 is 1.43 bits per heavy atom. The molecule has 1 aromatic rings. The first-order valence-electron chi connectivity index (χ1n) is 7.61. The first kappa shape index (κ1) is 15.8. The Hall–Kier alpha value is -1.55. The van der Waals surface area contributed by atoms with Gasteiger partial charge in [0.05, 0.1) is 6.10 Å². The summed E-state index contributed by atoms with van der Waals surface area (Å²) in [6.07, 6.45) is 3.45. The molecule has 2 rings (SSSR count). The van der Waals surface area contributed by atoms with Crippen molar-refractivity contribution >= 4 is 17.3 Å². The average molecular weight is 290 g/mol. The fourth-order valence-corrected chi connectivity index (χ4v) is 3.39. The van der Waals surface area contributed by atoms with Gasteiger partial charge in [-0.3, -0.25) is 4.79 Å². The highest BCUT2D eigenvalue weighted by molar-refractivity contribution is 5.92. The summed E-state index contributed by atoms with van der Waals surface area (Å²) in [4.78, 5) is 11.9. The minimum Gasteiger partial charge on any atom is -0.399 e. The topological polar surface area (TPSA) is 64.3 Å². The highest BCUT2D eigenvalue weighted by Gasteiger charge is 2.32. The van der Waals surface area contributed by atoms with Gasteiger partial charge in [-0.05, 0) is 48.8 Å². The first-order chi connectivity index (χ1) is 9.84. The van der Waals surface area contributed by atoms with Crippen molar-refractivity contribution < 1.29 is 9.53 Å². The first-order valence-corrected chi connectivity index (χ1v) is 7.61. The summed E-state index contributed by atoms with van der Waals surface area (Å²) in [5, 5.41) is 2.81. The number of nitrogen functional groups attached to an aromatic ring is 1. The van der Waals surface area contributed by atoms with Crippen LogP contribution in [0.25, 0.3) is 0 Å². The largest absolute Gasteiger partial charge is 0.399 e. The van der Waals surface area contributed by atoms with Gasteiger partial charge in [-0.15, -0.1) is 0 Å². The van der Waals surface area contributed by atoms with Crippen molar-refractivity contribution in [2.75, 3.05) is 17.7 Å². The van der Waals surface area contributed by atoms with Crippen molar-refractivity contribution in [3.63, 3.8) is 0 Å². The Bertz CT molecular complexity index is 499. The van der Waals surface area contributed by atoms with Gasteiger partial charge in [-0.2, -0.15) is 0 Å². The van der Waals surface area contributed by atoms with E-state index in [2.05, 4.69) is 26.1 Å². The molecule has 0 bridgehead atoms. The Morgan fingerprint density at radius 2 is 2.19 bits per heavy atom. The van der Waals surface area contributed by atoms with E-state index >= 15 is 0 Å². The summed E-state index contributed by atoms with van der Waals surface area (Å²) in [5.74, 6) is 0.521. The van der Waals surface area contributed by atoms with Crippen molar-refractivity contribution in [1.29, 1.82) is 0 Å². The van der Waals surface area contributed by atoms with Crippen LogP contribution in [-0.4, -0.2) is 18.6 Å². The predicted octanol–water partition coefficient (Wildman–Crippen LogP) is 3.44. The van der Waals surface area contributed by atoms with E-state index in [1.807, 2.05) is 12.1 Å². The summed E-state index contributed by atoms with van der Waals surface area (Å²) in [7, 11) is 0. The molecule has 2 unspecified atom stereocenters. The standard InChI is InChI=1S/C17H26N2O2/c1-12-7-15(10-17(2,3)9-12)21-11-16(20)19-14-6-4-5-13(18)8-14/h4-6,8,12,15H,7,9-11,18H2,1-3H3,(H,19,20). The predicted molar refractivity (Wildman–Crippen MR) is 86.0 cm³/mol. The molecule has 0 saturated heterocycles. The van der Waals surface area contributed by atoms with Gasteiger partial charge in [-0.25, -0.2) is 0 Å². The minimum atomic E-state index is -0.128. The number of rotatable bonds is 4. The normalized spacial score (nSPS) is 24.5. The smallest absolute Gasteiger partial charge is 0.250 e. The van der Waals surface area contributed by atoms with E-state index in [1.165, 1.54) is 6.42 Å². The molecule has 3 N–H and O–H groups in total. The molecule has 1 fully saturated rings. The monoisotopic (exact) mass is 290 g/mol. The van der Waals surface area contributed by atoms with Crippen LogP contribution < -0.4 is 11.1 Å². The SMILES string of the molecule is CC1CC(OCC(=O)Nc2cccc(N)c2)CC(C)(C)C1. The zero-order valence-electron chi connectivity index (χ0n) is 13.2. The number of ether oxygens (including phenoxy) is 1. The van der Waals surface area contributed by atoms with E-state index in [4.69, 9.17) is 10.5 Å². The third-order valence-corrected chi connectivity index (χ3v) is 3.97. The summed E-state index contributed by atoms with van der Waals surface area (Å²) in [6, 6.07) is 7.17. The van der Waals surface area contributed by atoms with Gasteiger partial charge >= 0.3 is 0 Å². The van der Waals surface area contributed by atoms with Crippen LogP contribution in [0.2, 0.25) is 0 Å². The number of anilines is 2. The van der Waals surface area contributed by atoms with Gasteiger partial charge in [0.15, 0.2) is 0 Å². The van der Waals surface area contributed by atoms with E-state index in [9.17, 15) is 4.79 Å². The number of carbonyl (C=O) groups is 1. The molecular weight excluding hydrogens is 264 g/mol. The Balaban J connectivity index is 1.81. The molecule has 1 aliphatic rings. The van der Waals surface area contributed by atoms with Crippen molar-refractivity contribution in [1.82, 2.24) is 0 Å². The molecule has 2 atom stereocenters. The maximum Gasteiger partial charge on any atom is 0.250 e. The molecule has 1 aliphatic carbocycles. The Labute approximate surface area is 127 Å². The van der Waals surface area contributed by atoms with Crippen molar-refractivity contribution in [2.45, 2.75) is 46.1 Å². The summed E-state index contributed by atoms with van der Waals surface area (Å²) in [5.41, 5.74) is 7.33. The molecule has 4 heteroatoms. The molecule has 0 aromatic heterocycles. The highest BCUT2D eigenvalue weighted by Crippen LogP contribution is 2.39. The van der Waals surface area contributed by atoms with Gasteiger partial charge < -0.3 is 15.8 Å². The summed E-state index contributed by atoms with van der Waals surface area (Å²) in [6.45, 7) is 6.89. The van der Waals surface area contributed by atoms with Gasteiger partial charge in [0.2, 0.25) is 5.91 Å². The van der Waals surface area contributed by atoms with Crippen LogP contribution in [0, 0.1) is 11.3 Å². The molecule has 21 heavy (non-hydrogen) atoms. The molecule has 0 spiro atoms. The van der Waals surface area contributed by atoms with Crippen molar-refractivity contribution in [3.05, 3.63) is 24.3 Å². The number of hydrogen-bond donors (Lipinski definition) is 2. The summed E-state index contributed by atoms with van der Waals surface area (Å²) < 4.78 is 5.81. The average Bonchev–Trinajstić information content (AvgIpc) is 2.34. The lowest BCUT2D eigenvalue weighted by Crippen LogP contribution is -2.34. The Morgan fingerprint density at radius 3 is 2.86 bits per heavy atom. The number of nitrogens with one attached hydrogen (secondary N) is 1. The lowest BCUT2D eigenvalue weighted by atomic mass is 9.71. The fourth-order valence-electron chi connectivity index (χ4n) is 3.39. The molecule has 116 valence electrons. The second kappa shape index (κ2) is 6.48. The van der Waals surface area contributed by atoms with Crippen LogP contribution in [0.5, 0.6) is 0 Å². The number of nitrogens with two attached hydrogens (primary N) is 1. The number of benzene rings is 1. The van der Waals surface area contributed by atoms with Crippen LogP contribution in [0.1, 0.15) is 40.0 Å². The second-order valence-electron chi connectivity index (χ2n) is 7.02. The lowest BCUT2D eigenvalue weighted by molar-refractivity contribution is -0.124. The molecule has 0 aliphatic heterocycles. The van der Waals surface area contributed by atoms with Crippen LogP contribution in [0.4, 0.5) is 11.4 Å². The number of amides is 1. The third-order valence-electron chi connectivity index (χ3n) is 3.97. The quantitative estimate of drug-likeness (QED) is 0.835. The molecule has 0 heterocycles. The van der Waals surface area contributed by atoms with Gasteiger partial charge in [0, 0.05) is 11.4 Å². The van der Waals surface area contributed by atoms with Gasteiger partial charge in [-0.1, -0.05) is 26.8 Å². The third kappa shape index (κ3) is 5.05. The van der Waals surface area contributed by atoms with Crippen molar-refractivity contribution in [2.24, 2.45) is 11.3 Å². The maximum absolute atomic E-state index is 11.9. The molecule has 1 amide bonds. The molecule has 1 aromatic carbocycles. The van der Waals surface area contributed by atoms with E-state index in [1.54, 1.807) is 12.1 Å². The second-order valence-corrected chi connectivity index (χ2v) is 7.02. The number of carbonyl (C=O) groups excluding carboxylic acids is 1. The highest BCUT2D eigenvalue weighted by atomic mass is 16.5. The van der Waals surface area contributed by atoms with Gasteiger partial charge in [0.1, 0.15) is 6.61 Å². The van der Waals surface area contributed by atoms with E-state index < -0.39 is 0 Å². The van der Waals surface area contributed by atoms with E-state index in [0.717, 1.165) is 12.8 Å². The van der Waals surface area contributed by atoms with Crippen molar-refractivity contribution in [3.8, 4) is 0 Å². The molecule has 4 nitrogen and oxygen atoms in total. The number of hydrogen-bond acceptors (Lipinski definition) is 3. The molecular formula is C17H26N2O2. The van der Waals surface area contributed by atoms with Gasteiger partial charge in [0.25, 0.3) is 0 Å². The van der Waals surface area contributed by atoms with Crippen LogP contribution in [0.15, 0.2) is 24.3 Å². The van der Waals surface area contributed by atoms with Crippen LogP contribution in [-0.2, 0) is 9.53 Å².